The third-order valence-electron chi connectivity index (χ3n) is 1.26. The van der Waals surface area contributed by atoms with Gasteiger partial charge in [0.05, 0.1) is 18.3 Å². The van der Waals surface area contributed by atoms with Crippen LogP contribution >= 0.6 is 12.1 Å². The van der Waals surface area contributed by atoms with Crippen LogP contribution < -0.4 is 10.3 Å². The van der Waals surface area contributed by atoms with Gasteiger partial charge in [0.1, 0.15) is 6.17 Å². The minimum atomic E-state index is 0.00111. The van der Waals surface area contributed by atoms with Crippen LogP contribution in [0.15, 0.2) is 9.50 Å². The molecule has 11 heavy (non-hydrogen) atoms. The number of amidine groups is 1. The second-order valence-corrected chi connectivity index (χ2v) is 2.74. The van der Waals surface area contributed by atoms with Crippen molar-refractivity contribution in [3.63, 3.8) is 0 Å². The van der Waals surface area contributed by atoms with Crippen molar-refractivity contribution in [2.24, 2.45) is 9.50 Å². The Bertz CT molecular complexity index is 213. The molecule has 6 nitrogen and oxygen atoms in total. The molecule has 0 aromatic rings. The molecule has 2 aliphatic heterocycles. The molecule has 2 rings (SSSR count). The van der Waals surface area contributed by atoms with Gasteiger partial charge < -0.3 is 10.5 Å². The molecule has 0 amide bonds. The first-order chi connectivity index (χ1) is 5.36. The van der Waals surface area contributed by atoms with E-state index in [0.717, 1.165) is 5.84 Å². The number of nitrogens with zero attached hydrogens (tertiary/aromatic N) is 4. The maximum atomic E-state index is 4.08. The van der Waals surface area contributed by atoms with E-state index in [2.05, 4.69) is 25.2 Å². The monoisotopic (exact) mass is 171 g/mol. The number of hydrazine groups is 1. The molecule has 2 aliphatic rings. The van der Waals surface area contributed by atoms with Crippen molar-refractivity contribution in [3.8, 4) is 0 Å². The number of hydrazone groups is 1. The minimum absolute atomic E-state index is 0.00111. The largest absolute Gasteiger partial charge is 0.386 e. The molecular weight excluding hydrogens is 164 g/mol. The Morgan fingerprint density at radius 2 is 2.73 bits per heavy atom. The summed E-state index contributed by atoms with van der Waals surface area (Å²) in [5.41, 5.74) is 6.61. The highest BCUT2D eigenvalue weighted by Gasteiger charge is 2.15. The topological polar surface area (TPSA) is 66.1 Å². The number of rotatable bonds is 1. The highest BCUT2D eigenvalue weighted by Crippen LogP contribution is 2.11. The van der Waals surface area contributed by atoms with Crippen molar-refractivity contribution in [2.75, 3.05) is 0 Å². The maximum absolute atomic E-state index is 4.08. The summed E-state index contributed by atoms with van der Waals surface area (Å²) in [6.07, 6.45) is 1.76. The van der Waals surface area contributed by atoms with E-state index in [1.54, 1.807) is 11.3 Å². The average molecular weight is 171 g/mol. The van der Waals surface area contributed by atoms with Crippen molar-refractivity contribution in [1.29, 1.82) is 0 Å². The minimum Gasteiger partial charge on any atom is -0.386 e. The summed E-state index contributed by atoms with van der Waals surface area (Å²) in [4.78, 5) is 0. The van der Waals surface area contributed by atoms with Gasteiger partial charge in [0.25, 0.3) is 0 Å². The molecule has 7 heteroatoms. The molecule has 60 valence electrons. The Hall–Kier alpha value is -0.790. The molecule has 0 radical (unpaired) electrons. The zero-order valence-electron chi connectivity index (χ0n) is 5.85. The first-order valence-electron chi connectivity index (χ1n) is 3.12. The van der Waals surface area contributed by atoms with Gasteiger partial charge >= 0.3 is 0 Å². The maximum Gasteiger partial charge on any atom is 0.140 e. The van der Waals surface area contributed by atoms with E-state index < -0.39 is 0 Å². The lowest BCUT2D eigenvalue weighted by molar-refractivity contribution is 0.210. The van der Waals surface area contributed by atoms with E-state index in [9.17, 15) is 0 Å². The van der Waals surface area contributed by atoms with E-state index in [4.69, 9.17) is 0 Å². The highest BCUT2D eigenvalue weighted by atomic mass is 32.2. The summed E-state index contributed by atoms with van der Waals surface area (Å²) in [6.45, 7) is 1.83. The van der Waals surface area contributed by atoms with Crippen molar-refractivity contribution >= 4 is 24.2 Å². The Labute approximate surface area is 68.3 Å². The third-order valence-corrected chi connectivity index (χ3v) is 1.83. The predicted molar refractivity (Wildman–Crippen MR) is 44.4 cm³/mol. The standard InChI is InChI=1S/C4H7N6S/c1-3-6-9-10(7-3)4-2-5-11-8-4/h2,4,8-9H,1H3/q-1. The van der Waals surface area contributed by atoms with E-state index in [-0.39, 0.29) is 6.17 Å². The van der Waals surface area contributed by atoms with E-state index in [1.807, 2.05) is 6.92 Å². The second kappa shape index (κ2) is 2.68. The molecule has 0 aromatic heterocycles. The van der Waals surface area contributed by atoms with Gasteiger partial charge in [-0.1, -0.05) is 5.84 Å². The molecule has 2 N–H and O–H groups in total. The Morgan fingerprint density at radius 1 is 1.82 bits per heavy atom. The van der Waals surface area contributed by atoms with Gasteiger partial charge in [0.2, 0.25) is 0 Å². The highest BCUT2D eigenvalue weighted by molar-refractivity contribution is 7.96. The summed E-state index contributed by atoms with van der Waals surface area (Å²) in [5.74, 6) is 0.720. The number of nitrogens with one attached hydrogen (secondary N) is 2. The van der Waals surface area contributed by atoms with E-state index >= 15 is 0 Å². The average Bonchev–Trinajstić information content (AvgIpc) is 2.55. The van der Waals surface area contributed by atoms with Gasteiger partial charge in [0, 0.05) is 0 Å². The lowest BCUT2D eigenvalue weighted by atomic mass is 10.6. The van der Waals surface area contributed by atoms with Crippen LogP contribution in [0.4, 0.5) is 0 Å². The summed E-state index contributed by atoms with van der Waals surface area (Å²) >= 11 is 1.30. The quantitative estimate of drug-likeness (QED) is 0.545. The van der Waals surface area contributed by atoms with E-state index in [1.165, 1.54) is 12.1 Å². The van der Waals surface area contributed by atoms with Gasteiger partial charge in [-0.2, -0.15) is 0 Å². The van der Waals surface area contributed by atoms with Gasteiger partial charge in [-0.3, -0.25) is 5.12 Å². The molecule has 0 saturated heterocycles. The summed E-state index contributed by atoms with van der Waals surface area (Å²) < 4.78 is 6.93. The van der Waals surface area contributed by atoms with Crippen molar-refractivity contribution in [3.05, 3.63) is 5.43 Å². The van der Waals surface area contributed by atoms with Crippen LogP contribution in [0, 0.1) is 0 Å². The fourth-order valence-corrected chi connectivity index (χ4v) is 1.27. The second-order valence-electron chi connectivity index (χ2n) is 2.11. The molecular formula is C4H7N6S-. The third kappa shape index (κ3) is 1.30. The van der Waals surface area contributed by atoms with Crippen molar-refractivity contribution < 1.29 is 0 Å². The number of hydrogen-bond donors (Lipinski definition) is 2. The van der Waals surface area contributed by atoms with Crippen LogP contribution in [-0.4, -0.2) is 23.3 Å². The molecule has 1 atom stereocenters. The van der Waals surface area contributed by atoms with Crippen molar-refractivity contribution in [1.82, 2.24) is 15.4 Å². The van der Waals surface area contributed by atoms with Gasteiger partial charge in [-0.05, 0) is 6.92 Å². The van der Waals surface area contributed by atoms with Crippen LogP contribution in [-0.2, 0) is 0 Å². The van der Waals surface area contributed by atoms with Gasteiger partial charge in [-0.25, -0.2) is 14.7 Å². The van der Waals surface area contributed by atoms with Crippen LogP contribution in [0.3, 0.4) is 0 Å². The normalized spacial score (nSPS) is 29.0. The van der Waals surface area contributed by atoms with E-state index in [0.29, 0.717) is 0 Å². The molecule has 0 saturated carbocycles. The lowest BCUT2D eigenvalue weighted by Crippen LogP contribution is -2.42. The Balaban J connectivity index is 2.00. The smallest absolute Gasteiger partial charge is 0.140 e. The SMILES string of the molecule is CC1=NN(C2C=NSN2)N[N-]1. The van der Waals surface area contributed by atoms with Crippen molar-refractivity contribution in [2.45, 2.75) is 13.1 Å². The zero-order valence-corrected chi connectivity index (χ0v) is 6.67. The number of hydrogen-bond acceptors (Lipinski definition) is 6. The fourth-order valence-electron chi connectivity index (χ4n) is 0.765. The molecule has 0 fully saturated rings. The molecule has 1 unspecified atom stereocenters. The van der Waals surface area contributed by atoms with Gasteiger partial charge in [0.15, 0.2) is 0 Å². The summed E-state index contributed by atoms with van der Waals surface area (Å²) in [6, 6.07) is 0. The molecule has 0 aromatic carbocycles. The van der Waals surface area contributed by atoms with Gasteiger partial charge in [-0.15, -0.1) is 0 Å². The molecule has 0 spiro atoms. The molecule has 0 bridgehead atoms. The van der Waals surface area contributed by atoms with Crippen LogP contribution in [0.2, 0.25) is 0 Å². The molecule has 2 heterocycles. The van der Waals surface area contributed by atoms with Crippen LogP contribution in [0.5, 0.6) is 0 Å². The summed E-state index contributed by atoms with van der Waals surface area (Å²) in [5, 5.41) is 5.69. The Morgan fingerprint density at radius 3 is 3.27 bits per heavy atom. The summed E-state index contributed by atoms with van der Waals surface area (Å²) in [7, 11) is 0. The fraction of sp³-hybridized carbons (Fsp3) is 0.500. The zero-order chi connectivity index (χ0) is 7.68. The molecule has 0 aliphatic carbocycles. The van der Waals surface area contributed by atoms with Crippen LogP contribution in [0.1, 0.15) is 6.92 Å². The van der Waals surface area contributed by atoms with Crippen LogP contribution in [0.25, 0.3) is 5.43 Å². The Kier molecular flexibility index (Phi) is 1.68. The lowest BCUT2D eigenvalue weighted by Gasteiger charge is -2.25. The first-order valence-corrected chi connectivity index (χ1v) is 3.89. The predicted octanol–water partition coefficient (Wildman–Crippen LogP) is -0.00800. The first kappa shape index (κ1) is 6.89.